The predicted molar refractivity (Wildman–Crippen MR) is 84.9 cm³/mol. The Balaban J connectivity index is 2.31. The maximum atomic E-state index is 6.36. The van der Waals surface area contributed by atoms with Crippen LogP contribution in [0.3, 0.4) is 0 Å². The highest BCUT2D eigenvalue weighted by Gasteiger charge is 2.16. The largest absolute Gasteiger partial charge is 0.319 e. The summed E-state index contributed by atoms with van der Waals surface area (Å²) in [6.45, 7) is 10.8. The molecule has 1 atom stereocenters. The van der Waals surface area contributed by atoms with Crippen molar-refractivity contribution in [3.8, 4) is 0 Å². The molecule has 106 valence electrons. The van der Waals surface area contributed by atoms with E-state index in [1.54, 1.807) is 0 Å². The lowest BCUT2D eigenvalue weighted by atomic mass is 9.86. The number of rotatable bonds is 2. The third-order valence-corrected chi connectivity index (χ3v) is 3.69. The highest BCUT2D eigenvalue weighted by Crippen LogP contribution is 2.26. The molecule has 2 N–H and O–H groups in total. The van der Waals surface area contributed by atoms with Gasteiger partial charge in [-0.2, -0.15) is 0 Å². The summed E-state index contributed by atoms with van der Waals surface area (Å²) in [5.41, 5.74) is 12.2. The maximum absolute atomic E-state index is 6.36. The molecule has 0 amide bonds. The summed E-state index contributed by atoms with van der Waals surface area (Å²) < 4.78 is 0. The molecule has 2 rings (SSSR count). The molecule has 1 aromatic heterocycles. The molecular weight excluding hydrogens is 244 g/mol. The van der Waals surface area contributed by atoms with Gasteiger partial charge >= 0.3 is 0 Å². The number of benzene rings is 1. The highest BCUT2D eigenvalue weighted by atomic mass is 14.8. The average molecular weight is 268 g/mol. The van der Waals surface area contributed by atoms with Gasteiger partial charge in [0.2, 0.25) is 0 Å². The van der Waals surface area contributed by atoms with Crippen LogP contribution in [-0.4, -0.2) is 4.98 Å². The number of aryl methyl sites for hydroxylation is 2. The Hall–Kier alpha value is -1.67. The molecule has 0 bridgehead atoms. The van der Waals surface area contributed by atoms with E-state index in [1.165, 1.54) is 11.1 Å². The fraction of sp³-hybridized carbons (Fsp3) is 0.389. The van der Waals surface area contributed by atoms with E-state index >= 15 is 0 Å². The van der Waals surface area contributed by atoms with Crippen molar-refractivity contribution in [3.05, 3.63) is 64.5 Å². The first-order valence-electron chi connectivity index (χ1n) is 7.08. The second kappa shape index (κ2) is 5.37. The summed E-state index contributed by atoms with van der Waals surface area (Å²) in [7, 11) is 0. The van der Waals surface area contributed by atoms with Gasteiger partial charge in [0, 0.05) is 6.20 Å². The van der Waals surface area contributed by atoms with Crippen LogP contribution < -0.4 is 5.73 Å². The van der Waals surface area contributed by atoms with Crippen LogP contribution in [0, 0.1) is 13.8 Å². The van der Waals surface area contributed by atoms with Crippen molar-refractivity contribution in [1.82, 2.24) is 4.98 Å². The molecule has 0 saturated carbocycles. The third-order valence-electron chi connectivity index (χ3n) is 3.69. The zero-order valence-electron chi connectivity index (χ0n) is 13.1. The number of pyridine rings is 1. The van der Waals surface area contributed by atoms with Crippen molar-refractivity contribution in [2.75, 3.05) is 0 Å². The van der Waals surface area contributed by atoms with Gasteiger partial charge < -0.3 is 5.73 Å². The van der Waals surface area contributed by atoms with Gasteiger partial charge in [-0.25, -0.2) is 0 Å². The molecule has 0 saturated heterocycles. The zero-order valence-corrected chi connectivity index (χ0v) is 13.1. The number of hydrogen-bond acceptors (Lipinski definition) is 2. The summed E-state index contributed by atoms with van der Waals surface area (Å²) in [6.07, 6.45) is 1.88. The first-order chi connectivity index (χ1) is 9.29. The first kappa shape index (κ1) is 14.7. The smallest absolute Gasteiger partial charge is 0.0729 e. The summed E-state index contributed by atoms with van der Waals surface area (Å²) in [4.78, 5) is 4.50. The molecule has 0 spiro atoms. The van der Waals surface area contributed by atoms with E-state index in [0.29, 0.717) is 0 Å². The van der Waals surface area contributed by atoms with E-state index in [9.17, 15) is 0 Å². The SMILES string of the molecule is Cc1cnc(C(N)c2ccc(C(C)(C)C)cc2)c(C)c1. The maximum Gasteiger partial charge on any atom is 0.0729 e. The summed E-state index contributed by atoms with van der Waals surface area (Å²) >= 11 is 0. The fourth-order valence-electron chi connectivity index (χ4n) is 2.40. The summed E-state index contributed by atoms with van der Waals surface area (Å²) in [5, 5.41) is 0. The minimum absolute atomic E-state index is 0.162. The van der Waals surface area contributed by atoms with Crippen LogP contribution in [0.5, 0.6) is 0 Å². The molecule has 1 aromatic carbocycles. The van der Waals surface area contributed by atoms with Crippen molar-refractivity contribution in [2.45, 2.75) is 46.1 Å². The minimum atomic E-state index is -0.162. The van der Waals surface area contributed by atoms with Crippen LogP contribution in [-0.2, 0) is 5.41 Å². The van der Waals surface area contributed by atoms with Crippen molar-refractivity contribution < 1.29 is 0 Å². The second-order valence-corrected chi connectivity index (χ2v) is 6.56. The molecule has 2 heteroatoms. The fourth-order valence-corrected chi connectivity index (χ4v) is 2.40. The number of hydrogen-bond donors (Lipinski definition) is 1. The lowest BCUT2D eigenvalue weighted by molar-refractivity contribution is 0.589. The van der Waals surface area contributed by atoms with Gasteiger partial charge in [-0.15, -0.1) is 0 Å². The third kappa shape index (κ3) is 3.07. The molecule has 1 unspecified atom stereocenters. The zero-order chi connectivity index (χ0) is 14.9. The van der Waals surface area contributed by atoms with E-state index in [0.717, 1.165) is 16.8 Å². The quantitative estimate of drug-likeness (QED) is 0.892. The minimum Gasteiger partial charge on any atom is -0.319 e. The summed E-state index contributed by atoms with van der Waals surface area (Å²) in [5.74, 6) is 0. The van der Waals surface area contributed by atoms with Crippen LogP contribution in [0.2, 0.25) is 0 Å². The van der Waals surface area contributed by atoms with Gasteiger partial charge in [0.25, 0.3) is 0 Å². The van der Waals surface area contributed by atoms with Crippen molar-refractivity contribution >= 4 is 0 Å². The first-order valence-corrected chi connectivity index (χ1v) is 7.08. The Kier molecular flexibility index (Phi) is 3.96. The van der Waals surface area contributed by atoms with E-state index in [-0.39, 0.29) is 11.5 Å². The lowest BCUT2D eigenvalue weighted by Crippen LogP contribution is -2.16. The van der Waals surface area contributed by atoms with Gasteiger partial charge in [0.05, 0.1) is 11.7 Å². The molecule has 20 heavy (non-hydrogen) atoms. The monoisotopic (exact) mass is 268 g/mol. The van der Waals surface area contributed by atoms with Crippen LogP contribution in [0.15, 0.2) is 36.5 Å². The van der Waals surface area contributed by atoms with E-state index in [2.05, 4.69) is 63.0 Å². The second-order valence-electron chi connectivity index (χ2n) is 6.56. The van der Waals surface area contributed by atoms with E-state index in [4.69, 9.17) is 5.73 Å². The van der Waals surface area contributed by atoms with Crippen molar-refractivity contribution in [1.29, 1.82) is 0 Å². The average Bonchev–Trinajstić information content (AvgIpc) is 2.37. The molecule has 0 aliphatic carbocycles. The Labute approximate surface area is 122 Å². The van der Waals surface area contributed by atoms with Crippen molar-refractivity contribution in [2.24, 2.45) is 5.73 Å². The molecule has 2 aromatic rings. The van der Waals surface area contributed by atoms with Crippen LogP contribution >= 0.6 is 0 Å². The standard InChI is InChI=1S/C18H24N2/c1-12-10-13(2)17(20-11-12)16(19)14-6-8-15(9-7-14)18(3,4)5/h6-11,16H,19H2,1-5H3. The van der Waals surface area contributed by atoms with Crippen LogP contribution in [0.25, 0.3) is 0 Å². The molecule has 0 aliphatic rings. The van der Waals surface area contributed by atoms with Crippen LogP contribution in [0.4, 0.5) is 0 Å². The Morgan fingerprint density at radius 2 is 1.65 bits per heavy atom. The number of nitrogens with two attached hydrogens (primary N) is 1. The van der Waals surface area contributed by atoms with Gasteiger partial charge in [-0.1, -0.05) is 51.1 Å². The molecular formula is C18H24N2. The molecule has 0 aliphatic heterocycles. The Bertz CT molecular complexity index is 592. The van der Waals surface area contributed by atoms with Gasteiger partial charge in [-0.3, -0.25) is 4.98 Å². The topological polar surface area (TPSA) is 38.9 Å². The lowest BCUT2D eigenvalue weighted by Gasteiger charge is -2.20. The van der Waals surface area contributed by atoms with Gasteiger partial charge in [-0.05, 0) is 41.5 Å². The Morgan fingerprint density at radius 3 is 2.15 bits per heavy atom. The summed E-state index contributed by atoms with van der Waals surface area (Å²) in [6, 6.07) is 10.5. The predicted octanol–water partition coefficient (Wildman–Crippen LogP) is 4.04. The molecule has 2 nitrogen and oxygen atoms in total. The van der Waals surface area contributed by atoms with Crippen molar-refractivity contribution in [3.63, 3.8) is 0 Å². The van der Waals surface area contributed by atoms with Gasteiger partial charge in [0.15, 0.2) is 0 Å². The Morgan fingerprint density at radius 1 is 1.05 bits per heavy atom. The molecule has 0 radical (unpaired) electrons. The van der Waals surface area contributed by atoms with Crippen LogP contribution in [0.1, 0.15) is 54.8 Å². The molecule has 1 heterocycles. The van der Waals surface area contributed by atoms with E-state index < -0.39 is 0 Å². The highest BCUT2D eigenvalue weighted by molar-refractivity contribution is 5.36. The van der Waals surface area contributed by atoms with Gasteiger partial charge in [0.1, 0.15) is 0 Å². The number of nitrogens with zero attached hydrogens (tertiary/aromatic N) is 1. The number of aromatic nitrogens is 1. The molecule has 0 fully saturated rings. The van der Waals surface area contributed by atoms with E-state index in [1.807, 2.05) is 13.1 Å². The normalized spacial score (nSPS) is 13.3.